The third kappa shape index (κ3) is 3.68. The number of carbonyl (C=O) groups excluding carboxylic acids is 1. The van der Waals surface area contributed by atoms with Crippen molar-refractivity contribution in [1.82, 2.24) is 9.27 Å². The molecule has 1 fully saturated rings. The second-order valence-corrected chi connectivity index (χ2v) is 7.78. The summed E-state index contributed by atoms with van der Waals surface area (Å²) in [6.07, 6.45) is -0.485. The van der Waals surface area contributed by atoms with Gasteiger partial charge in [0.25, 0.3) is 0 Å². The fourth-order valence-corrected chi connectivity index (χ4v) is 3.60. The van der Waals surface area contributed by atoms with E-state index in [2.05, 4.69) is 4.37 Å². The van der Waals surface area contributed by atoms with Crippen LogP contribution in [0.1, 0.15) is 20.8 Å². The first-order chi connectivity index (χ1) is 11.8. The van der Waals surface area contributed by atoms with E-state index < -0.39 is 23.7 Å². The third-order valence-corrected chi connectivity index (χ3v) is 4.76. The van der Waals surface area contributed by atoms with Crippen molar-refractivity contribution in [3.05, 3.63) is 24.3 Å². The van der Waals surface area contributed by atoms with Gasteiger partial charge in [0.05, 0.1) is 11.2 Å². The molecule has 3 rings (SSSR count). The van der Waals surface area contributed by atoms with Crippen molar-refractivity contribution in [1.29, 1.82) is 0 Å². The molecule has 134 valence electrons. The van der Waals surface area contributed by atoms with E-state index in [-0.39, 0.29) is 6.54 Å². The maximum absolute atomic E-state index is 12.3. The predicted molar refractivity (Wildman–Crippen MR) is 96.2 cm³/mol. The Kier molecular flexibility index (Phi) is 4.55. The molecule has 0 unspecified atom stereocenters. The number of piperazine rings is 1. The number of aromatic nitrogens is 1. The number of carboxylic acid groups (broad SMARTS) is 1. The zero-order valence-corrected chi connectivity index (χ0v) is 15.2. The summed E-state index contributed by atoms with van der Waals surface area (Å²) in [5.41, 5.74) is -0.613. The normalized spacial score (nSPS) is 18.4. The first-order valence-electron chi connectivity index (χ1n) is 8.08. The van der Waals surface area contributed by atoms with Crippen molar-refractivity contribution in [3.8, 4) is 0 Å². The van der Waals surface area contributed by atoms with Gasteiger partial charge in [0.15, 0.2) is 5.82 Å². The summed E-state index contributed by atoms with van der Waals surface area (Å²) in [6.45, 7) is 6.22. The van der Waals surface area contributed by atoms with Crippen LogP contribution in [0.5, 0.6) is 0 Å². The van der Waals surface area contributed by atoms with Crippen LogP contribution in [0.2, 0.25) is 0 Å². The molecule has 1 aromatic carbocycles. The maximum atomic E-state index is 12.3. The lowest BCUT2D eigenvalue weighted by molar-refractivity contribution is -0.139. The Bertz CT molecular complexity index is 799. The van der Waals surface area contributed by atoms with Crippen LogP contribution in [-0.4, -0.2) is 57.7 Å². The summed E-state index contributed by atoms with van der Waals surface area (Å²) in [5.74, 6) is -0.317. The fourth-order valence-electron chi connectivity index (χ4n) is 2.82. The Morgan fingerprint density at radius 1 is 1.28 bits per heavy atom. The molecule has 1 atom stereocenters. The summed E-state index contributed by atoms with van der Waals surface area (Å²) in [7, 11) is 0. The van der Waals surface area contributed by atoms with E-state index in [0.717, 1.165) is 10.1 Å². The number of carboxylic acids is 1. The quantitative estimate of drug-likeness (QED) is 0.883. The number of hydrogen-bond donors (Lipinski definition) is 1. The molecular weight excluding hydrogens is 342 g/mol. The Labute approximate surface area is 150 Å². The highest BCUT2D eigenvalue weighted by molar-refractivity contribution is 7.13. The molecule has 8 heteroatoms. The van der Waals surface area contributed by atoms with Gasteiger partial charge in [0.2, 0.25) is 0 Å². The van der Waals surface area contributed by atoms with Gasteiger partial charge in [-0.25, -0.2) is 9.59 Å². The van der Waals surface area contributed by atoms with Gasteiger partial charge in [-0.3, -0.25) is 0 Å². The number of benzene rings is 1. The van der Waals surface area contributed by atoms with Crippen LogP contribution in [0, 0.1) is 0 Å². The number of carbonyl (C=O) groups is 2. The molecule has 0 aliphatic carbocycles. The Hall–Kier alpha value is -2.35. The Morgan fingerprint density at radius 2 is 2.00 bits per heavy atom. The number of fused-ring (bicyclic) bond motifs is 1. The van der Waals surface area contributed by atoms with E-state index in [9.17, 15) is 14.7 Å². The minimum Gasteiger partial charge on any atom is -0.480 e. The molecule has 2 heterocycles. The zero-order valence-electron chi connectivity index (χ0n) is 14.4. The summed E-state index contributed by atoms with van der Waals surface area (Å²) in [5, 5.41) is 10.6. The number of ether oxygens (including phenoxy) is 1. The summed E-state index contributed by atoms with van der Waals surface area (Å²) in [6, 6.07) is 6.88. The number of nitrogens with zero attached hydrogens (tertiary/aromatic N) is 3. The molecule has 0 bridgehead atoms. The van der Waals surface area contributed by atoms with Crippen LogP contribution in [0.3, 0.4) is 0 Å². The largest absolute Gasteiger partial charge is 0.480 e. The van der Waals surface area contributed by atoms with Crippen molar-refractivity contribution in [2.24, 2.45) is 0 Å². The highest BCUT2D eigenvalue weighted by Crippen LogP contribution is 2.31. The number of amides is 1. The van der Waals surface area contributed by atoms with Crippen molar-refractivity contribution in [2.45, 2.75) is 32.4 Å². The summed E-state index contributed by atoms with van der Waals surface area (Å²) < 4.78 is 10.8. The summed E-state index contributed by atoms with van der Waals surface area (Å²) >= 11 is 1.35. The molecular formula is C17H21N3O4S. The first kappa shape index (κ1) is 17.5. The molecule has 7 nitrogen and oxygen atoms in total. The van der Waals surface area contributed by atoms with Gasteiger partial charge in [-0.2, -0.15) is 4.37 Å². The maximum Gasteiger partial charge on any atom is 0.410 e. The van der Waals surface area contributed by atoms with Crippen LogP contribution >= 0.6 is 11.5 Å². The molecule has 0 radical (unpaired) electrons. The predicted octanol–water partition coefficient (Wildman–Crippen LogP) is 2.81. The van der Waals surface area contributed by atoms with Gasteiger partial charge in [-0.15, -0.1) is 0 Å². The standard InChI is InChI=1S/C17H21N3O4S/c1-17(2,3)24-16(23)19-8-9-20(12(10-19)15(21)22)14-11-6-4-5-7-13(11)25-18-14/h4-7,12H,8-10H2,1-3H3,(H,21,22)/t12-/m0/s1. The molecule has 1 aliphatic rings. The van der Waals surface area contributed by atoms with Crippen LogP contribution in [0.25, 0.3) is 10.1 Å². The molecule has 1 aromatic heterocycles. The van der Waals surface area contributed by atoms with Crippen LogP contribution in [0.4, 0.5) is 10.6 Å². The van der Waals surface area contributed by atoms with E-state index in [1.807, 2.05) is 24.3 Å². The van der Waals surface area contributed by atoms with Gasteiger partial charge in [0.1, 0.15) is 11.6 Å². The average molecular weight is 363 g/mol. The number of aliphatic carboxylic acids is 1. The lowest BCUT2D eigenvalue weighted by Crippen LogP contribution is -2.58. The molecule has 2 aromatic rings. The van der Waals surface area contributed by atoms with E-state index in [4.69, 9.17) is 4.74 Å². The minimum absolute atomic E-state index is 0.0656. The lowest BCUT2D eigenvalue weighted by Gasteiger charge is -2.39. The van der Waals surface area contributed by atoms with Gasteiger partial charge in [0, 0.05) is 18.5 Å². The molecule has 0 saturated carbocycles. The lowest BCUT2D eigenvalue weighted by atomic mass is 10.1. The summed E-state index contributed by atoms with van der Waals surface area (Å²) in [4.78, 5) is 27.3. The minimum atomic E-state index is -0.981. The van der Waals surface area contributed by atoms with Gasteiger partial charge < -0.3 is 19.6 Å². The first-order valence-corrected chi connectivity index (χ1v) is 8.85. The van der Waals surface area contributed by atoms with E-state index >= 15 is 0 Å². The van der Waals surface area contributed by atoms with Crippen molar-refractivity contribution < 1.29 is 19.4 Å². The van der Waals surface area contributed by atoms with Crippen molar-refractivity contribution in [2.75, 3.05) is 24.5 Å². The average Bonchev–Trinajstić information content (AvgIpc) is 2.96. The zero-order chi connectivity index (χ0) is 18.2. The van der Waals surface area contributed by atoms with E-state index in [1.54, 1.807) is 25.7 Å². The molecule has 1 N–H and O–H groups in total. The van der Waals surface area contributed by atoms with Gasteiger partial charge in [-0.05, 0) is 44.4 Å². The fraction of sp³-hybridized carbons (Fsp3) is 0.471. The van der Waals surface area contributed by atoms with Crippen molar-refractivity contribution in [3.63, 3.8) is 0 Å². The highest BCUT2D eigenvalue weighted by Gasteiger charge is 2.37. The van der Waals surface area contributed by atoms with Gasteiger partial charge >= 0.3 is 12.1 Å². The van der Waals surface area contributed by atoms with Crippen LogP contribution < -0.4 is 4.90 Å². The smallest absolute Gasteiger partial charge is 0.410 e. The molecule has 0 spiro atoms. The van der Waals surface area contributed by atoms with Crippen LogP contribution in [0.15, 0.2) is 24.3 Å². The van der Waals surface area contributed by atoms with Gasteiger partial charge in [-0.1, -0.05) is 12.1 Å². The monoisotopic (exact) mass is 363 g/mol. The number of rotatable bonds is 2. The van der Waals surface area contributed by atoms with Crippen molar-refractivity contribution >= 4 is 39.5 Å². The molecule has 1 saturated heterocycles. The SMILES string of the molecule is CC(C)(C)OC(=O)N1CCN(c2nsc3ccccc23)[C@H](C(=O)O)C1. The Balaban J connectivity index is 1.83. The van der Waals surface area contributed by atoms with E-state index in [1.165, 1.54) is 16.4 Å². The second kappa shape index (κ2) is 6.51. The Morgan fingerprint density at radius 3 is 2.68 bits per heavy atom. The topological polar surface area (TPSA) is 83.0 Å². The number of anilines is 1. The van der Waals surface area contributed by atoms with Crippen LogP contribution in [-0.2, 0) is 9.53 Å². The second-order valence-electron chi connectivity index (χ2n) is 6.98. The van der Waals surface area contributed by atoms with E-state index in [0.29, 0.717) is 18.9 Å². The highest BCUT2D eigenvalue weighted by atomic mass is 32.1. The molecule has 1 aliphatic heterocycles. The third-order valence-electron chi connectivity index (χ3n) is 3.95. The molecule has 1 amide bonds. The molecule has 25 heavy (non-hydrogen) atoms. The number of hydrogen-bond acceptors (Lipinski definition) is 6.